The molecule has 1 aliphatic carbocycles. The summed E-state index contributed by atoms with van der Waals surface area (Å²) in [6.07, 6.45) is 8.50. The minimum absolute atomic E-state index is 0.310. The molecule has 66 valence electrons. The SMILES string of the molecule is NC(Cc1ncc[nH]1)C1CCC1. The summed E-state index contributed by atoms with van der Waals surface area (Å²) in [6.45, 7) is 0. The van der Waals surface area contributed by atoms with Crippen LogP contribution in [-0.4, -0.2) is 16.0 Å². The maximum Gasteiger partial charge on any atom is 0.107 e. The smallest absolute Gasteiger partial charge is 0.107 e. The number of hydrogen-bond donors (Lipinski definition) is 2. The highest BCUT2D eigenvalue weighted by Crippen LogP contribution is 2.29. The Hall–Kier alpha value is -0.830. The van der Waals surface area contributed by atoms with Crippen LogP contribution >= 0.6 is 0 Å². The van der Waals surface area contributed by atoms with E-state index in [1.54, 1.807) is 6.20 Å². The number of imidazole rings is 1. The molecule has 1 heterocycles. The van der Waals surface area contributed by atoms with Gasteiger partial charge in [-0.1, -0.05) is 6.42 Å². The molecule has 0 spiro atoms. The summed E-state index contributed by atoms with van der Waals surface area (Å²) in [5.74, 6) is 1.77. The van der Waals surface area contributed by atoms with Crippen LogP contribution in [-0.2, 0) is 6.42 Å². The van der Waals surface area contributed by atoms with Gasteiger partial charge in [0.25, 0.3) is 0 Å². The molecule has 2 rings (SSSR count). The highest BCUT2D eigenvalue weighted by atomic mass is 14.9. The molecule has 0 aliphatic heterocycles. The zero-order chi connectivity index (χ0) is 8.39. The normalized spacial score (nSPS) is 20.4. The van der Waals surface area contributed by atoms with Gasteiger partial charge in [0, 0.05) is 24.9 Å². The summed E-state index contributed by atoms with van der Waals surface area (Å²) in [7, 11) is 0. The first-order chi connectivity index (χ1) is 5.86. The maximum atomic E-state index is 6.01. The second-order valence-corrected chi connectivity index (χ2v) is 3.59. The van der Waals surface area contributed by atoms with Crippen molar-refractivity contribution in [3.05, 3.63) is 18.2 Å². The van der Waals surface area contributed by atoms with E-state index in [-0.39, 0.29) is 0 Å². The van der Waals surface area contributed by atoms with Gasteiger partial charge in [0.2, 0.25) is 0 Å². The Kier molecular flexibility index (Phi) is 2.13. The van der Waals surface area contributed by atoms with Crippen molar-refractivity contribution in [2.75, 3.05) is 0 Å². The monoisotopic (exact) mass is 165 g/mol. The van der Waals surface area contributed by atoms with Crippen molar-refractivity contribution in [3.63, 3.8) is 0 Å². The van der Waals surface area contributed by atoms with Crippen LogP contribution in [0.25, 0.3) is 0 Å². The van der Waals surface area contributed by atoms with Crippen LogP contribution in [0.5, 0.6) is 0 Å². The zero-order valence-corrected chi connectivity index (χ0v) is 7.16. The fraction of sp³-hybridized carbons (Fsp3) is 0.667. The van der Waals surface area contributed by atoms with E-state index in [4.69, 9.17) is 5.73 Å². The topological polar surface area (TPSA) is 54.7 Å². The molecule has 0 saturated heterocycles. The van der Waals surface area contributed by atoms with Crippen LogP contribution in [0.3, 0.4) is 0 Å². The van der Waals surface area contributed by atoms with E-state index in [2.05, 4.69) is 9.97 Å². The molecule has 12 heavy (non-hydrogen) atoms. The third-order valence-electron chi connectivity index (χ3n) is 2.74. The first-order valence-electron chi connectivity index (χ1n) is 4.60. The van der Waals surface area contributed by atoms with E-state index < -0.39 is 0 Å². The number of H-pyrrole nitrogens is 1. The number of aromatic nitrogens is 2. The third kappa shape index (κ3) is 1.50. The highest BCUT2D eigenvalue weighted by Gasteiger charge is 2.24. The lowest BCUT2D eigenvalue weighted by atomic mass is 9.79. The minimum atomic E-state index is 0.310. The quantitative estimate of drug-likeness (QED) is 0.704. The molecule has 0 aromatic carbocycles. The minimum Gasteiger partial charge on any atom is -0.349 e. The zero-order valence-electron chi connectivity index (χ0n) is 7.16. The van der Waals surface area contributed by atoms with E-state index in [1.807, 2.05) is 6.20 Å². The average molecular weight is 165 g/mol. The molecule has 1 unspecified atom stereocenters. The fourth-order valence-corrected chi connectivity index (χ4v) is 1.67. The predicted octanol–water partition coefficient (Wildman–Crippen LogP) is 1.08. The summed E-state index contributed by atoms with van der Waals surface area (Å²) >= 11 is 0. The van der Waals surface area contributed by atoms with E-state index in [9.17, 15) is 0 Å². The van der Waals surface area contributed by atoms with Crippen LogP contribution in [0.15, 0.2) is 12.4 Å². The molecule has 1 atom stereocenters. The van der Waals surface area contributed by atoms with Gasteiger partial charge >= 0.3 is 0 Å². The van der Waals surface area contributed by atoms with Crippen molar-refractivity contribution in [3.8, 4) is 0 Å². The first kappa shape index (κ1) is 7.80. The molecule has 1 aliphatic rings. The van der Waals surface area contributed by atoms with Crippen molar-refractivity contribution in [1.29, 1.82) is 0 Å². The second-order valence-electron chi connectivity index (χ2n) is 3.59. The molecule has 1 aromatic heterocycles. The Morgan fingerprint density at radius 3 is 3.00 bits per heavy atom. The van der Waals surface area contributed by atoms with Crippen molar-refractivity contribution < 1.29 is 0 Å². The number of nitrogens with one attached hydrogen (secondary N) is 1. The molecule has 3 nitrogen and oxygen atoms in total. The van der Waals surface area contributed by atoms with Crippen LogP contribution in [0, 0.1) is 5.92 Å². The van der Waals surface area contributed by atoms with Crippen molar-refractivity contribution in [2.45, 2.75) is 31.7 Å². The third-order valence-corrected chi connectivity index (χ3v) is 2.74. The van der Waals surface area contributed by atoms with Gasteiger partial charge in [0.05, 0.1) is 0 Å². The number of hydrogen-bond acceptors (Lipinski definition) is 2. The Bertz CT molecular complexity index is 226. The number of nitrogens with zero attached hydrogens (tertiary/aromatic N) is 1. The maximum absolute atomic E-state index is 6.01. The molecule has 0 bridgehead atoms. The molecule has 0 amide bonds. The first-order valence-corrected chi connectivity index (χ1v) is 4.60. The number of rotatable bonds is 3. The fourth-order valence-electron chi connectivity index (χ4n) is 1.67. The predicted molar refractivity (Wildman–Crippen MR) is 47.6 cm³/mol. The molecule has 3 N–H and O–H groups in total. The molecule has 1 aromatic rings. The summed E-state index contributed by atoms with van der Waals surface area (Å²) in [6, 6.07) is 0.310. The molecular formula is C9H15N3. The van der Waals surface area contributed by atoms with Crippen molar-refractivity contribution in [2.24, 2.45) is 11.7 Å². The average Bonchev–Trinajstić information content (AvgIpc) is 2.34. The van der Waals surface area contributed by atoms with Gasteiger partial charge in [-0.25, -0.2) is 4.98 Å². The van der Waals surface area contributed by atoms with Gasteiger partial charge in [-0.2, -0.15) is 0 Å². The molecular weight excluding hydrogens is 150 g/mol. The van der Waals surface area contributed by atoms with E-state index in [0.29, 0.717) is 6.04 Å². The Labute approximate surface area is 72.4 Å². The Morgan fingerprint density at radius 1 is 1.67 bits per heavy atom. The molecule has 1 fully saturated rings. The standard InChI is InChI=1S/C9H15N3/c10-8(7-2-1-3-7)6-9-11-4-5-12-9/h4-5,7-8H,1-3,6,10H2,(H,11,12). The molecule has 0 radical (unpaired) electrons. The second kappa shape index (κ2) is 3.27. The lowest BCUT2D eigenvalue weighted by Crippen LogP contribution is -2.36. The number of aromatic amines is 1. The molecule has 1 saturated carbocycles. The Balaban J connectivity index is 1.86. The highest BCUT2D eigenvalue weighted by molar-refractivity contribution is 4.93. The molecule has 3 heteroatoms. The van der Waals surface area contributed by atoms with Crippen LogP contribution in [0.2, 0.25) is 0 Å². The van der Waals surface area contributed by atoms with Crippen LogP contribution in [0.1, 0.15) is 25.1 Å². The van der Waals surface area contributed by atoms with Gasteiger partial charge in [0.15, 0.2) is 0 Å². The summed E-state index contributed by atoms with van der Waals surface area (Å²) in [5.41, 5.74) is 6.01. The lowest BCUT2D eigenvalue weighted by molar-refractivity contribution is 0.259. The summed E-state index contributed by atoms with van der Waals surface area (Å²) in [4.78, 5) is 7.24. The van der Waals surface area contributed by atoms with Crippen LogP contribution < -0.4 is 5.73 Å². The summed E-state index contributed by atoms with van der Waals surface area (Å²) in [5, 5.41) is 0. The van der Waals surface area contributed by atoms with E-state index in [1.165, 1.54) is 19.3 Å². The van der Waals surface area contributed by atoms with Gasteiger partial charge in [0.1, 0.15) is 5.82 Å². The van der Waals surface area contributed by atoms with E-state index in [0.717, 1.165) is 18.2 Å². The van der Waals surface area contributed by atoms with Crippen LogP contribution in [0.4, 0.5) is 0 Å². The van der Waals surface area contributed by atoms with Crippen molar-refractivity contribution in [1.82, 2.24) is 9.97 Å². The largest absolute Gasteiger partial charge is 0.349 e. The number of nitrogens with two attached hydrogens (primary N) is 1. The van der Waals surface area contributed by atoms with Gasteiger partial charge in [-0.15, -0.1) is 0 Å². The van der Waals surface area contributed by atoms with Gasteiger partial charge in [-0.05, 0) is 18.8 Å². The summed E-state index contributed by atoms with van der Waals surface area (Å²) < 4.78 is 0. The Morgan fingerprint density at radius 2 is 2.50 bits per heavy atom. The lowest BCUT2D eigenvalue weighted by Gasteiger charge is -2.30. The van der Waals surface area contributed by atoms with E-state index >= 15 is 0 Å². The van der Waals surface area contributed by atoms with Gasteiger partial charge < -0.3 is 10.7 Å². The van der Waals surface area contributed by atoms with Gasteiger partial charge in [-0.3, -0.25) is 0 Å². The van der Waals surface area contributed by atoms with Crippen molar-refractivity contribution >= 4 is 0 Å².